The highest BCUT2D eigenvalue weighted by atomic mass is 79.9. The van der Waals surface area contributed by atoms with Crippen molar-refractivity contribution >= 4 is 21.7 Å². The predicted octanol–water partition coefficient (Wildman–Crippen LogP) is 1.74. The predicted molar refractivity (Wildman–Crippen MR) is 56.6 cm³/mol. The summed E-state index contributed by atoms with van der Waals surface area (Å²) in [7, 11) is 0. The van der Waals surface area contributed by atoms with Crippen LogP contribution in [-0.2, 0) is 0 Å². The molecule has 3 nitrogen and oxygen atoms in total. The summed E-state index contributed by atoms with van der Waals surface area (Å²) in [5.41, 5.74) is 6.27. The zero-order chi connectivity index (χ0) is 10.1. The molecule has 0 spiro atoms. The first-order chi connectivity index (χ1) is 6.70. The van der Waals surface area contributed by atoms with Crippen LogP contribution < -0.4 is 10.5 Å². The minimum Gasteiger partial charge on any atom is -0.492 e. The monoisotopic (exact) mass is 255 g/mol. The van der Waals surface area contributed by atoms with Crippen molar-refractivity contribution in [1.29, 1.82) is 0 Å². The molecule has 1 aromatic carbocycles. The second-order valence-corrected chi connectivity index (χ2v) is 4.08. The molecule has 0 aliphatic carbocycles. The zero-order valence-corrected chi connectivity index (χ0v) is 9.08. The molecule has 0 radical (unpaired) electrons. The fourth-order valence-electron chi connectivity index (χ4n) is 1.47. The molecule has 1 heterocycles. The van der Waals surface area contributed by atoms with E-state index in [1.165, 1.54) is 0 Å². The van der Waals surface area contributed by atoms with Crippen LogP contribution in [0.3, 0.4) is 0 Å². The normalized spacial score (nSPS) is 21.0. The molecule has 2 N–H and O–H groups in total. The van der Waals surface area contributed by atoms with Crippen LogP contribution >= 0.6 is 15.9 Å². The third kappa shape index (κ3) is 1.55. The van der Waals surface area contributed by atoms with Crippen molar-refractivity contribution in [1.82, 2.24) is 0 Å². The summed E-state index contributed by atoms with van der Waals surface area (Å²) in [4.78, 5) is 11.8. The Kier molecular flexibility index (Phi) is 2.56. The number of fused-ring (bicyclic) bond motifs is 1. The Morgan fingerprint density at radius 3 is 3.07 bits per heavy atom. The van der Waals surface area contributed by atoms with Gasteiger partial charge in [-0.25, -0.2) is 0 Å². The Hall–Kier alpha value is -0.870. The Bertz CT molecular complexity index is 378. The third-order valence-electron chi connectivity index (χ3n) is 2.24. The number of para-hydroxylation sites is 1. The minimum atomic E-state index is -0.439. The van der Waals surface area contributed by atoms with Crippen molar-refractivity contribution in [2.75, 3.05) is 6.61 Å². The van der Waals surface area contributed by atoms with Crippen LogP contribution in [0.1, 0.15) is 16.8 Å². The molecule has 74 valence electrons. The van der Waals surface area contributed by atoms with Gasteiger partial charge in [-0.1, -0.05) is 6.07 Å². The molecule has 4 heteroatoms. The number of carbonyl (C=O) groups excluding carboxylic acids is 1. The van der Waals surface area contributed by atoms with Crippen molar-refractivity contribution in [3.63, 3.8) is 0 Å². The maximum absolute atomic E-state index is 11.8. The fraction of sp³-hybridized carbons (Fsp3) is 0.300. The first-order valence-corrected chi connectivity index (χ1v) is 5.20. The van der Waals surface area contributed by atoms with Crippen LogP contribution in [-0.4, -0.2) is 18.4 Å². The van der Waals surface area contributed by atoms with E-state index in [2.05, 4.69) is 15.9 Å². The van der Waals surface area contributed by atoms with Crippen LogP contribution in [0.4, 0.5) is 0 Å². The standard InChI is InChI=1S/C10H10BrNO2/c11-7-3-1-2-6-9(13)8(12)4-5-14-10(6)7/h1-3,8H,4-5,12H2. The molecule has 0 aromatic heterocycles. The summed E-state index contributed by atoms with van der Waals surface area (Å²) in [6, 6.07) is 4.96. The molecule has 1 atom stereocenters. The molecule has 1 aliphatic rings. The van der Waals surface area contributed by atoms with Gasteiger partial charge in [0.15, 0.2) is 5.78 Å². The van der Waals surface area contributed by atoms with Crippen LogP contribution in [0.5, 0.6) is 5.75 Å². The van der Waals surface area contributed by atoms with Crippen molar-refractivity contribution in [3.8, 4) is 5.75 Å². The lowest BCUT2D eigenvalue weighted by Crippen LogP contribution is -2.30. The number of ketones is 1. The lowest BCUT2D eigenvalue weighted by molar-refractivity contribution is 0.0960. The molecule has 14 heavy (non-hydrogen) atoms. The number of nitrogens with two attached hydrogens (primary N) is 1. The molecule has 1 unspecified atom stereocenters. The van der Waals surface area contributed by atoms with Gasteiger partial charge in [-0.2, -0.15) is 0 Å². The van der Waals surface area contributed by atoms with Crippen molar-refractivity contribution in [2.24, 2.45) is 5.73 Å². The number of benzene rings is 1. The highest BCUT2D eigenvalue weighted by molar-refractivity contribution is 9.10. The van der Waals surface area contributed by atoms with Crippen LogP contribution in [0.25, 0.3) is 0 Å². The van der Waals surface area contributed by atoms with Gasteiger partial charge in [-0.15, -0.1) is 0 Å². The number of hydrogen-bond acceptors (Lipinski definition) is 3. The van der Waals surface area contributed by atoms with Crippen molar-refractivity contribution in [3.05, 3.63) is 28.2 Å². The van der Waals surface area contributed by atoms with E-state index in [-0.39, 0.29) is 5.78 Å². The van der Waals surface area contributed by atoms with Gasteiger partial charge >= 0.3 is 0 Å². The van der Waals surface area contributed by atoms with Gasteiger partial charge in [-0.05, 0) is 28.1 Å². The molecule has 1 aliphatic heterocycles. The summed E-state index contributed by atoms with van der Waals surface area (Å²) >= 11 is 3.35. The topological polar surface area (TPSA) is 52.3 Å². The zero-order valence-electron chi connectivity index (χ0n) is 7.50. The summed E-state index contributed by atoms with van der Waals surface area (Å²) in [6.45, 7) is 0.489. The number of hydrogen-bond donors (Lipinski definition) is 1. The van der Waals surface area contributed by atoms with Gasteiger partial charge in [0.1, 0.15) is 5.75 Å². The van der Waals surface area contributed by atoms with E-state index >= 15 is 0 Å². The van der Waals surface area contributed by atoms with E-state index < -0.39 is 6.04 Å². The molecule has 0 fully saturated rings. The van der Waals surface area contributed by atoms with Crippen LogP contribution in [0, 0.1) is 0 Å². The van der Waals surface area contributed by atoms with Gasteiger partial charge in [0.05, 0.1) is 22.7 Å². The maximum Gasteiger partial charge on any atom is 0.183 e. The molecule has 1 aromatic rings. The average molecular weight is 256 g/mol. The van der Waals surface area contributed by atoms with E-state index in [0.29, 0.717) is 24.3 Å². The van der Waals surface area contributed by atoms with E-state index in [0.717, 1.165) is 4.47 Å². The van der Waals surface area contributed by atoms with Crippen LogP contribution in [0.15, 0.2) is 22.7 Å². The molecule has 0 amide bonds. The molecule has 2 rings (SSSR count). The van der Waals surface area contributed by atoms with Crippen LogP contribution in [0.2, 0.25) is 0 Å². The molecule has 0 saturated heterocycles. The highest BCUT2D eigenvalue weighted by Gasteiger charge is 2.24. The van der Waals surface area contributed by atoms with Gasteiger partial charge in [0.25, 0.3) is 0 Å². The average Bonchev–Trinajstić information content (AvgIpc) is 2.31. The molecule has 0 saturated carbocycles. The van der Waals surface area contributed by atoms with Gasteiger partial charge in [-0.3, -0.25) is 4.79 Å². The smallest absolute Gasteiger partial charge is 0.183 e. The second-order valence-electron chi connectivity index (χ2n) is 3.22. The van der Waals surface area contributed by atoms with Crippen molar-refractivity contribution in [2.45, 2.75) is 12.5 Å². The number of Topliss-reactive ketones (excluding diaryl/α,β-unsaturated/α-hetero) is 1. The Balaban J connectivity index is 2.53. The summed E-state index contributed by atoms with van der Waals surface area (Å²) in [5, 5.41) is 0. The fourth-order valence-corrected chi connectivity index (χ4v) is 1.95. The Morgan fingerprint density at radius 2 is 2.29 bits per heavy atom. The second kappa shape index (κ2) is 3.71. The number of carbonyl (C=O) groups is 1. The lowest BCUT2D eigenvalue weighted by Gasteiger charge is -2.07. The van der Waals surface area contributed by atoms with E-state index in [1.54, 1.807) is 6.07 Å². The quantitative estimate of drug-likeness (QED) is 0.769. The first-order valence-electron chi connectivity index (χ1n) is 4.41. The summed E-state index contributed by atoms with van der Waals surface area (Å²) in [5.74, 6) is 0.573. The summed E-state index contributed by atoms with van der Waals surface area (Å²) < 4.78 is 6.28. The molecular formula is C10H10BrNO2. The molecule has 0 bridgehead atoms. The van der Waals surface area contributed by atoms with Gasteiger partial charge < -0.3 is 10.5 Å². The minimum absolute atomic E-state index is 0.0428. The van der Waals surface area contributed by atoms with E-state index in [9.17, 15) is 4.79 Å². The third-order valence-corrected chi connectivity index (χ3v) is 2.87. The van der Waals surface area contributed by atoms with Gasteiger partial charge in [0.2, 0.25) is 0 Å². The number of ether oxygens (including phenoxy) is 1. The first kappa shape index (κ1) is 9.68. The Morgan fingerprint density at radius 1 is 1.50 bits per heavy atom. The number of halogens is 1. The summed E-state index contributed by atoms with van der Waals surface area (Å²) in [6.07, 6.45) is 0.569. The largest absolute Gasteiger partial charge is 0.492 e. The lowest BCUT2D eigenvalue weighted by atomic mass is 10.0. The number of rotatable bonds is 0. The SMILES string of the molecule is NC1CCOc2c(Br)cccc2C1=O. The van der Waals surface area contributed by atoms with Gasteiger partial charge in [0, 0.05) is 6.42 Å². The maximum atomic E-state index is 11.8. The van der Waals surface area contributed by atoms with Crippen molar-refractivity contribution < 1.29 is 9.53 Å². The molecular weight excluding hydrogens is 246 g/mol. The highest BCUT2D eigenvalue weighted by Crippen LogP contribution is 2.31. The Labute approximate surface area is 90.4 Å². The van der Waals surface area contributed by atoms with E-state index in [1.807, 2.05) is 12.1 Å². The van der Waals surface area contributed by atoms with E-state index in [4.69, 9.17) is 10.5 Å².